The lowest BCUT2D eigenvalue weighted by molar-refractivity contribution is 0.404. The van der Waals surface area contributed by atoms with Gasteiger partial charge in [-0.25, -0.2) is 4.98 Å². The maximum Gasteiger partial charge on any atom is 0.293 e. The summed E-state index contributed by atoms with van der Waals surface area (Å²) in [4.78, 5) is 18.2. The van der Waals surface area contributed by atoms with E-state index in [4.69, 9.17) is 14.7 Å². The molecule has 0 spiro atoms. The van der Waals surface area contributed by atoms with Crippen molar-refractivity contribution in [1.82, 2.24) is 9.97 Å². The van der Waals surface area contributed by atoms with Crippen molar-refractivity contribution in [2.24, 2.45) is 0 Å². The second-order valence-corrected chi connectivity index (χ2v) is 3.64. The van der Waals surface area contributed by atoms with Crippen LogP contribution >= 0.6 is 0 Å². The second kappa shape index (κ2) is 5.23. The molecule has 0 amide bonds. The van der Waals surface area contributed by atoms with E-state index in [0.29, 0.717) is 22.6 Å². The summed E-state index contributed by atoms with van der Waals surface area (Å²) in [5, 5.41) is 8.94. The summed E-state index contributed by atoms with van der Waals surface area (Å²) in [6.45, 7) is 0. The fraction of sp³-hybridized carbons (Fsp3) is 0.154. The van der Waals surface area contributed by atoms with Gasteiger partial charge in [-0.15, -0.1) is 0 Å². The van der Waals surface area contributed by atoms with Crippen molar-refractivity contribution in [3.05, 3.63) is 40.4 Å². The summed E-state index contributed by atoms with van der Waals surface area (Å²) in [5.41, 5.74) is 0.918. The smallest absolute Gasteiger partial charge is 0.293 e. The van der Waals surface area contributed by atoms with Crippen LogP contribution < -0.4 is 15.0 Å². The van der Waals surface area contributed by atoms with E-state index in [1.807, 2.05) is 6.07 Å². The van der Waals surface area contributed by atoms with E-state index in [0.717, 1.165) is 0 Å². The third kappa shape index (κ3) is 2.26. The first-order valence-corrected chi connectivity index (χ1v) is 5.41. The minimum Gasteiger partial charge on any atom is -0.496 e. The van der Waals surface area contributed by atoms with Gasteiger partial charge in [-0.2, -0.15) is 5.26 Å². The number of methoxy groups -OCH3 is 2. The molecule has 0 unspecified atom stereocenters. The van der Waals surface area contributed by atoms with Gasteiger partial charge in [0, 0.05) is 5.56 Å². The van der Waals surface area contributed by atoms with Crippen LogP contribution in [0.15, 0.2) is 29.3 Å². The first-order valence-electron chi connectivity index (χ1n) is 5.41. The highest BCUT2D eigenvalue weighted by Gasteiger charge is 2.16. The summed E-state index contributed by atoms with van der Waals surface area (Å²) in [6.07, 6.45) is 1.28. The molecule has 0 aliphatic carbocycles. The topological polar surface area (TPSA) is 88.0 Å². The molecular formula is C13H11N3O3. The zero-order valence-corrected chi connectivity index (χ0v) is 10.4. The molecule has 6 nitrogen and oxygen atoms in total. The summed E-state index contributed by atoms with van der Waals surface area (Å²) in [7, 11) is 2.89. The monoisotopic (exact) mass is 257 g/mol. The molecular weight excluding hydrogens is 246 g/mol. The largest absolute Gasteiger partial charge is 0.496 e. The highest BCUT2D eigenvalue weighted by atomic mass is 16.5. The van der Waals surface area contributed by atoms with E-state index < -0.39 is 5.56 Å². The van der Waals surface area contributed by atoms with Crippen molar-refractivity contribution in [1.29, 1.82) is 5.26 Å². The fourth-order valence-corrected chi connectivity index (χ4v) is 1.73. The molecule has 1 N–H and O–H groups in total. The number of nitriles is 1. The summed E-state index contributed by atoms with van der Waals surface area (Å²) in [6, 6.07) is 6.91. The molecule has 2 rings (SSSR count). The molecule has 0 atom stereocenters. The Balaban J connectivity index is 2.74. The van der Waals surface area contributed by atoms with Crippen molar-refractivity contribution >= 4 is 0 Å². The van der Waals surface area contributed by atoms with Gasteiger partial charge < -0.3 is 14.5 Å². The van der Waals surface area contributed by atoms with E-state index in [9.17, 15) is 4.79 Å². The molecule has 0 saturated carbocycles. The molecule has 0 fully saturated rings. The normalized spacial score (nSPS) is 9.74. The quantitative estimate of drug-likeness (QED) is 0.896. The Kier molecular flexibility index (Phi) is 3.48. The molecule has 96 valence electrons. The number of H-pyrrole nitrogens is 1. The van der Waals surface area contributed by atoms with Gasteiger partial charge in [-0.05, 0) is 18.2 Å². The van der Waals surface area contributed by atoms with Crippen LogP contribution in [-0.4, -0.2) is 24.2 Å². The van der Waals surface area contributed by atoms with Crippen molar-refractivity contribution in [2.75, 3.05) is 14.2 Å². The van der Waals surface area contributed by atoms with Crippen LogP contribution in [0.5, 0.6) is 11.5 Å². The number of nitrogens with zero attached hydrogens (tertiary/aromatic N) is 2. The van der Waals surface area contributed by atoms with Crippen LogP contribution in [0.1, 0.15) is 5.56 Å². The predicted octanol–water partition coefficient (Wildman–Crippen LogP) is 1.33. The number of aromatic nitrogens is 2. The van der Waals surface area contributed by atoms with Crippen molar-refractivity contribution in [2.45, 2.75) is 0 Å². The first kappa shape index (κ1) is 12.6. The zero-order chi connectivity index (χ0) is 13.8. The van der Waals surface area contributed by atoms with Gasteiger partial charge in [0.1, 0.15) is 11.4 Å². The molecule has 6 heteroatoms. The molecule has 0 bridgehead atoms. The van der Waals surface area contributed by atoms with E-state index in [1.165, 1.54) is 20.5 Å². The highest BCUT2D eigenvalue weighted by Crippen LogP contribution is 2.33. The molecule has 0 saturated heterocycles. The number of hydrogen-bond donors (Lipinski definition) is 1. The summed E-state index contributed by atoms with van der Waals surface area (Å²) < 4.78 is 10.3. The van der Waals surface area contributed by atoms with Crippen molar-refractivity contribution in [3.63, 3.8) is 0 Å². The Hall–Kier alpha value is -2.81. The molecule has 0 radical (unpaired) electrons. The number of hydrogen-bond acceptors (Lipinski definition) is 5. The second-order valence-electron chi connectivity index (χ2n) is 3.64. The van der Waals surface area contributed by atoms with Gasteiger partial charge in [0.2, 0.25) is 5.75 Å². The average Bonchev–Trinajstić information content (AvgIpc) is 2.46. The van der Waals surface area contributed by atoms with Crippen LogP contribution in [0.2, 0.25) is 0 Å². The van der Waals surface area contributed by atoms with Crippen LogP contribution in [0.4, 0.5) is 0 Å². The molecule has 1 aromatic heterocycles. The lowest BCUT2D eigenvalue weighted by Crippen LogP contribution is -2.11. The summed E-state index contributed by atoms with van der Waals surface area (Å²) in [5.74, 6) is 0.589. The number of ether oxygens (including phenoxy) is 2. The zero-order valence-electron chi connectivity index (χ0n) is 10.4. The Morgan fingerprint density at radius 2 is 2.11 bits per heavy atom. The van der Waals surface area contributed by atoms with Gasteiger partial charge >= 0.3 is 0 Å². The van der Waals surface area contributed by atoms with E-state index >= 15 is 0 Å². The Bertz CT molecular complexity index is 701. The lowest BCUT2D eigenvalue weighted by atomic mass is 10.1. The Morgan fingerprint density at radius 3 is 2.74 bits per heavy atom. The molecule has 1 heterocycles. The van der Waals surface area contributed by atoms with E-state index in [2.05, 4.69) is 9.97 Å². The molecule has 2 aromatic rings. The number of aromatic amines is 1. The number of rotatable bonds is 3. The first-order chi connectivity index (χ1) is 9.21. The predicted molar refractivity (Wildman–Crippen MR) is 68.1 cm³/mol. The highest BCUT2D eigenvalue weighted by molar-refractivity contribution is 5.73. The average molecular weight is 257 g/mol. The van der Waals surface area contributed by atoms with Gasteiger partial charge in [0.05, 0.1) is 32.2 Å². The van der Waals surface area contributed by atoms with Crippen LogP contribution in [-0.2, 0) is 0 Å². The molecule has 19 heavy (non-hydrogen) atoms. The van der Waals surface area contributed by atoms with Crippen LogP contribution in [0, 0.1) is 11.3 Å². The standard InChI is InChI=1S/C13H11N3O3/c1-18-10-4-3-8(6-14)5-9(10)11-12(19-2)13(17)16-7-15-11/h3-5,7H,1-2H3,(H,15,16,17). The van der Waals surface area contributed by atoms with Crippen LogP contribution in [0.3, 0.4) is 0 Å². The van der Waals surface area contributed by atoms with Gasteiger partial charge in [-0.1, -0.05) is 0 Å². The SMILES string of the molecule is COc1ccc(C#N)cc1-c1nc[nH]c(=O)c1OC. The number of nitrogens with one attached hydrogen (secondary N) is 1. The van der Waals surface area contributed by atoms with Gasteiger partial charge in [-0.3, -0.25) is 4.79 Å². The van der Waals surface area contributed by atoms with E-state index in [1.54, 1.807) is 18.2 Å². The van der Waals surface area contributed by atoms with Gasteiger partial charge in [0.25, 0.3) is 5.56 Å². The minimum absolute atomic E-state index is 0.0795. The fourth-order valence-electron chi connectivity index (χ4n) is 1.73. The van der Waals surface area contributed by atoms with Crippen molar-refractivity contribution in [3.8, 4) is 28.8 Å². The van der Waals surface area contributed by atoms with E-state index in [-0.39, 0.29) is 5.75 Å². The number of benzene rings is 1. The lowest BCUT2D eigenvalue weighted by Gasteiger charge is -2.10. The minimum atomic E-state index is -0.392. The summed E-state index contributed by atoms with van der Waals surface area (Å²) >= 11 is 0. The third-order valence-electron chi connectivity index (χ3n) is 2.60. The van der Waals surface area contributed by atoms with Crippen LogP contribution in [0.25, 0.3) is 11.3 Å². The molecule has 0 aliphatic rings. The maximum absolute atomic E-state index is 11.7. The third-order valence-corrected chi connectivity index (χ3v) is 2.60. The molecule has 0 aliphatic heterocycles. The molecule has 1 aromatic carbocycles. The Morgan fingerprint density at radius 1 is 1.32 bits per heavy atom. The van der Waals surface area contributed by atoms with Gasteiger partial charge in [0.15, 0.2) is 0 Å². The van der Waals surface area contributed by atoms with Crippen molar-refractivity contribution < 1.29 is 9.47 Å². The Labute approximate surface area is 109 Å². The maximum atomic E-state index is 11.7.